The maximum absolute atomic E-state index is 10.9. The van der Waals surface area contributed by atoms with Gasteiger partial charge in [-0.3, -0.25) is 4.79 Å². The molecule has 1 aromatic carbocycles. The van der Waals surface area contributed by atoms with Crippen molar-refractivity contribution in [1.29, 1.82) is 0 Å². The molecule has 2 rings (SSSR count). The zero-order chi connectivity index (χ0) is 11.1. The molecule has 0 bridgehead atoms. The van der Waals surface area contributed by atoms with Gasteiger partial charge in [0.05, 0.1) is 0 Å². The third kappa shape index (κ3) is 1.77. The average molecular weight is 223 g/mol. The number of carbonyl (C=O) groups is 1. The van der Waals surface area contributed by atoms with Gasteiger partial charge in [0.1, 0.15) is 17.6 Å². The van der Waals surface area contributed by atoms with Crippen LogP contribution < -0.4 is 4.74 Å². The van der Waals surface area contributed by atoms with Crippen molar-refractivity contribution in [3.05, 3.63) is 34.4 Å². The quantitative estimate of drug-likeness (QED) is 0.683. The summed E-state index contributed by atoms with van der Waals surface area (Å²) >= 11 is 5.87. The van der Waals surface area contributed by atoms with Gasteiger partial charge in [0.15, 0.2) is 0 Å². The van der Waals surface area contributed by atoms with Crippen molar-refractivity contribution < 1.29 is 9.53 Å². The summed E-state index contributed by atoms with van der Waals surface area (Å²) in [4.78, 5) is 10.9. The molecule has 0 atom stereocenters. The molecule has 3 heteroatoms. The van der Waals surface area contributed by atoms with Crippen LogP contribution in [0.25, 0.3) is 6.08 Å². The van der Waals surface area contributed by atoms with E-state index in [1.165, 1.54) is 0 Å². The molecule has 15 heavy (non-hydrogen) atoms. The van der Waals surface area contributed by atoms with E-state index < -0.39 is 5.60 Å². The second-order valence-corrected chi connectivity index (χ2v) is 4.45. The summed E-state index contributed by atoms with van der Waals surface area (Å²) in [6.45, 7) is 3.73. The van der Waals surface area contributed by atoms with Crippen LogP contribution in [0.3, 0.4) is 0 Å². The molecular formula is C12H11ClO2. The van der Waals surface area contributed by atoms with Crippen molar-refractivity contribution in [3.8, 4) is 5.75 Å². The van der Waals surface area contributed by atoms with Gasteiger partial charge in [0, 0.05) is 16.2 Å². The highest BCUT2D eigenvalue weighted by molar-refractivity contribution is 6.30. The number of ether oxygens (including phenoxy) is 1. The highest BCUT2D eigenvalue weighted by atomic mass is 35.5. The maximum Gasteiger partial charge on any atom is 0.150 e. The molecule has 1 aromatic rings. The normalized spacial score (nSPS) is 17.4. The van der Waals surface area contributed by atoms with Crippen molar-refractivity contribution >= 4 is 24.0 Å². The highest BCUT2D eigenvalue weighted by Crippen LogP contribution is 2.35. The van der Waals surface area contributed by atoms with Gasteiger partial charge in [-0.25, -0.2) is 0 Å². The standard InChI is InChI=1S/C12H11ClO2/c1-12(2)9(7-14)5-8-6-10(13)3-4-11(8)15-12/h3-7H,1-2H3. The fraction of sp³-hybridized carbons (Fsp3) is 0.250. The predicted octanol–water partition coefficient (Wildman–Crippen LogP) is 3.09. The lowest BCUT2D eigenvalue weighted by Gasteiger charge is -2.31. The van der Waals surface area contributed by atoms with Crippen LogP contribution in [0.5, 0.6) is 5.75 Å². The van der Waals surface area contributed by atoms with Crippen LogP contribution in [0.15, 0.2) is 23.8 Å². The van der Waals surface area contributed by atoms with Gasteiger partial charge < -0.3 is 4.74 Å². The minimum atomic E-state index is -0.567. The van der Waals surface area contributed by atoms with Gasteiger partial charge in [0.25, 0.3) is 0 Å². The van der Waals surface area contributed by atoms with Gasteiger partial charge in [-0.05, 0) is 38.1 Å². The minimum Gasteiger partial charge on any atom is -0.482 e. The number of benzene rings is 1. The molecule has 0 amide bonds. The van der Waals surface area contributed by atoms with E-state index in [0.717, 1.165) is 17.6 Å². The number of halogens is 1. The molecule has 0 spiro atoms. The topological polar surface area (TPSA) is 26.3 Å². The van der Waals surface area contributed by atoms with Crippen LogP contribution in [-0.4, -0.2) is 11.9 Å². The van der Waals surface area contributed by atoms with Crippen molar-refractivity contribution in [1.82, 2.24) is 0 Å². The molecule has 0 saturated heterocycles. The Hall–Kier alpha value is -1.28. The number of hydrogen-bond donors (Lipinski definition) is 0. The monoisotopic (exact) mass is 222 g/mol. The summed E-state index contributed by atoms with van der Waals surface area (Å²) in [5, 5.41) is 0.638. The van der Waals surface area contributed by atoms with Crippen molar-refractivity contribution in [3.63, 3.8) is 0 Å². The Morgan fingerprint density at radius 2 is 2.13 bits per heavy atom. The number of rotatable bonds is 1. The van der Waals surface area contributed by atoms with E-state index in [1.807, 2.05) is 26.0 Å². The predicted molar refractivity (Wildman–Crippen MR) is 60.2 cm³/mol. The zero-order valence-electron chi connectivity index (χ0n) is 8.58. The number of carbonyl (C=O) groups excluding carboxylic acids is 1. The molecule has 0 fully saturated rings. The number of hydrogen-bond acceptors (Lipinski definition) is 2. The summed E-state index contributed by atoms with van der Waals surface area (Å²) in [6.07, 6.45) is 2.64. The first kappa shape index (κ1) is 10.2. The molecule has 0 saturated carbocycles. The first-order chi connectivity index (χ1) is 7.03. The van der Waals surface area contributed by atoms with Crippen LogP contribution in [0.2, 0.25) is 5.02 Å². The smallest absolute Gasteiger partial charge is 0.150 e. The summed E-state index contributed by atoms with van der Waals surface area (Å²) in [6, 6.07) is 5.38. The fourth-order valence-corrected chi connectivity index (χ4v) is 1.76. The second-order valence-electron chi connectivity index (χ2n) is 4.01. The van der Waals surface area contributed by atoms with Gasteiger partial charge >= 0.3 is 0 Å². The lowest BCUT2D eigenvalue weighted by Crippen LogP contribution is -2.33. The van der Waals surface area contributed by atoms with Crippen LogP contribution in [0, 0.1) is 0 Å². The Labute approximate surface area is 93.5 Å². The van der Waals surface area contributed by atoms with Crippen molar-refractivity contribution in [2.45, 2.75) is 19.4 Å². The summed E-state index contributed by atoms with van der Waals surface area (Å²) in [7, 11) is 0. The molecule has 0 aromatic heterocycles. The molecule has 0 aliphatic carbocycles. The zero-order valence-corrected chi connectivity index (χ0v) is 9.34. The summed E-state index contributed by atoms with van der Waals surface area (Å²) in [5.74, 6) is 0.759. The Kier molecular flexibility index (Phi) is 2.31. The SMILES string of the molecule is CC1(C)Oc2ccc(Cl)cc2C=C1C=O. The van der Waals surface area contributed by atoms with E-state index in [0.29, 0.717) is 10.6 Å². The van der Waals surface area contributed by atoms with Crippen LogP contribution >= 0.6 is 11.6 Å². The van der Waals surface area contributed by atoms with Gasteiger partial charge in [0.2, 0.25) is 0 Å². The first-order valence-corrected chi connectivity index (χ1v) is 5.06. The highest BCUT2D eigenvalue weighted by Gasteiger charge is 2.29. The molecule has 2 nitrogen and oxygen atoms in total. The lowest BCUT2D eigenvalue weighted by atomic mass is 9.93. The lowest BCUT2D eigenvalue weighted by molar-refractivity contribution is -0.106. The van der Waals surface area contributed by atoms with Crippen LogP contribution in [0.1, 0.15) is 19.4 Å². The van der Waals surface area contributed by atoms with Crippen molar-refractivity contribution in [2.75, 3.05) is 0 Å². The molecule has 78 valence electrons. The van der Waals surface area contributed by atoms with Gasteiger partial charge in [-0.15, -0.1) is 0 Å². The maximum atomic E-state index is 10.9. The van der Waals surface area contributed by atoms with E-state index in [1.54, 1.807) is 12.1 Å². The van der Waals surface area contributed by atoms with Crippen LogP contribution in [0.4, 0.5) is 0 Å². The van der Waals surface area contributed by atoms with Crippen LogP contribution in [-0.2, 0) is 4.79 Å². The van der Waals surface area contributed by atoms with Gasteiger partial charge in [-0.2, -0.15) is 0 Å². The molecule has 0 N–H and O–H groups in total. The largest absolute Gasteiger partial charge is 0.482 e. The Morgan fingerprint density at radius 3 is 2.80 bits per heavy atom. The molecule has 1 aliphatic rings. The third-order valence-electron chi connectivity index (χ3n) is 2.47. The van der Waals surface area contributed by atoms with E-state index in [9.17, 15) is 4.79 Å². The molecule has 1 aliphatic heterocycles. The number of fused-ring (bicyclic) bond motifs is 1. The fourth-order valence-electron chi connectivity index (χ4n) is 1.58. The van der Waals surface area contributed by atoms with Gasteiger partial charge in [-0.1, -0.05) is 11.6 Å². The third-order valence-corrected chi connectivity index (χ3v) is 2.71. The molecule has 0 unspecified atom stereocenters. The summed E-state index contributed by atoms with van der Waals surface area (Å²) < 4.78 is 5.72. The molecule has 0 radical (unpaired) electrons. The Morgan fingerprint density at radius 1 is 1.40 bits per heavy atom. The molecular weight excluding hydrogens is 212 g/mol. The Bertz CT molecular complexity index is 447. The Balaban J connectivity index is 2.57. The molecule has 1 heterocycles. The van der Waals surface area contributed by atoms with E-state index in [4.69, 9.17) is 16.3 Å². The summed E-state index contributed by atoms with van der Waals surface area (Å²) in [5.41, 5.74) is 0.906. The minimum absolute atomic E-state index is 0.567. The first-order valence-electron chi connectivity index (χ1n) is 4.69. The second kappa shape index (κ2) is 3.38. The van der Waals surface area contributed by atoms with Crippen molar-refractivity contribution in [2.24, 2.45) is 0 Å². The van der Waals surface area contributed by atoms with E-state index >= 15 is 0 Å². The van der Waals surface area contributed by atoms with E-state index in [-0.39, 0.29) is 0 Å². The number of aldehydes is 1. The van der Waals surface area contributed by atoms with E-state index in [2.05, 4.69) is 0 Å². The average Bonchev–Trinajstić information content (AvgIpc) is 2.17.